The summed E-state index contributed by atoms with van der Waals surface area (Å²) in [5.41, 5.74) is 10.3. The highest BCUT2D eigenvalue weighted by Crippen LogP contribution is 2.19. The van der Waals surface area contributed by atoms with Gasteiger partial charge in [0.1, 0.15) is 5.84 Å². The van der Waals surface area contributed by atoms with Gasteiger partial charge in [0.05, 0.1) is 18.7 Å². The Balaban J connectivity index is 3.10. The highest BCUT2D eigenvalue weighted by molar-refractivity contribution is 5.94. The lowest BCUT2D eigenvalue weighted by Crippen LogP contribution is -2.29. The number of nitriles is 1. The zero-order valence-corrected chi connectivity index (χ0v) is 19.9. The van der Waals surface area contributed by atoms with Gasteiger partial charge in [-0.25, -0.2) is 0 Å². The third-order valence-electron chi connectivity index (χ3n) is 5.06. The Morgan fingerprint density at radius 3 is 2.78 bits per heavy atom. The number of hydrogen-bond acceptors (Lipinski definition) is 4. The van der Waals surface area contributed by atoms with Crippen LogP contribution in [0.2, 0.25) is 0 Å². The number of aliphatic imine (C=N–C) groups is 1. The average molecular weight is 432 g/mol. The second kappa shape index (κ2) is 14.6. The molecule has 5 heteroatoms. The van der Waals surface area contributed by atoms with Crippen molar-refractivity contribution in [2.45, 2.75) is 39.7 Å². The number of likely N-dealkylation sites (N-methyl/N-ethyl adjacent to an activating group) is 1. The maximum atomic E-state index is 9.18. The third kappa shape index (κ3) is 9.20. The zero-order valence-electron chi connectivity index (χ0n) is 19.9. The van der Waals surface area contributed by atoms with E-state index in [1.54, 1.807) is 18.2 Å². The van der Waals surface area contributed by atoms with Gasteiger partial charge in [0.25, 0.3) is 0 Å². The van der Waals surface area contributed by atoms with Gasteiger partial charge in [-0.05, 0) is 50.5 Å². The maximum Gasteiger partial charge on any atom is 0.125 e. The summed E-state index contributed by atoms with van der Waals surface area (Å²) in [6.07, 6.45) is 19.6. The van der Waals surface area contributed by atoms with E-state index in [-0.39, 0.29) is 12.6 Å². The third-order valence-corrected chi connectivity index (χ3v) is 5.06. The summed E-state index contributed by atoms with van der Waals surface area (Å²) in [5, 5.41) is 12.5. The Morgan fingerprint density at radius 1 is 1.44 bits per heavy atom. The quantitative estimate of drug-likeness (QED) is 0.219. The fraction of sp³-hybridized carbons (Fsp3) is 0.333. The van der Waals surface area contributed by atoms with Crippen LogP contribution in [0, 0.1) is 11.3 Å². The molecular formula is C27H37N5. The van der Waals surface area contributed by atoms with Crippen molar-refractivity contribution in [3.05, 3.63) is 96.0 Å². The van der Waals surface area contributed by atoms with Gasteiger partial charge < -0.3 is 16.0 Å². The molecule has 1 aliphatic rings. The molecule has 0 saturated carbocycles. The zero-order chi connectivity index (χ0) is 23.9. The largest absolute Gasteiger partial charge is 0.372 e. The van der Waals surface area contributed by atoms with Crippen molar-refractivity contribution in [2.75, 3.05) is 20.1 Å². The molecule has 1 aliphatic carbocycles. The van der Waals surface area contributed by atoms with E-state index in [4.69, 9.17) is 10.7 Å². The molecule has 0 aliphatic heterocycles. The number of nitrogens with zero attached hydrogens (tertiary/aromatic N) is 3. The minimum atomic E-state index is 0.174. The predicted molar refractivity (Wildman–Crippen MR) is 138 cm³/mol. The van der Waals surface area contributed by atoms with Crippen LogP contribution < -0.4 is 11.1 Å². The van der Waals surface area contributed by atoms with Crippen LogP contribution in [0.15, 0.2) is 101 Å². The normalized spacial score (nSPS) is 20.4. The number of hydrogen-bond donors (Lipinski definition) is 2. The number of nitrogens with one attached hydrogen (secondary N) is 1. The molecule has 0 aromatic heterocycles. The summed E-state index contributed by atoms with van der Waals surface area (Å²) in [4.78, 5) is 7.01. The van der Waals surface area contributed by atoms with E-state index in [0.717, 1.165) is 24.1 Å². The van der Waals surface area contributed by atoms with Crippen molar-refractivity contribution < 1.29 is 0 Å². The smallest absolute Gasteiger partial charge is 0.125 e. The molecule has 32 heavy (non-hydrogen) atoms. The summed E-state index contributed by atoms with van der Waals surface area (Å²) in [5.74, 6) is 0.697. The predicted octanol–water partition coefficient (Wildman–Crippen LogP) is 5.09. The van der Waals surface area contributed by atoms with Gasteiger partial charge in [-0.2, -0.15) is 5.26 Å². The standard InChI is InChI=1S/C27H37N5/c1-7-10-25(17-24(18-28)19-29)31-27(11-8-2)30-20-23-13-12-21(4)16-26(15-14-23)32(6)22(5)9-3/h7-8,10-14,16-17,26H,1,5,9,15,18,20,28H2,2-4,6H3,(H,30,31)/b11-8+,13-12-,21-16?,23-14+,24-17+,25-10+. The Morgan fingerprint density at radius 2 is 2.19 bits per heavy atom. The Labute approximate surface area is 194 Å². The van der Waals surface area contributed by atoms with Crippen LogP contribution in [-0.2, 0) is 0 Å². The lowest BCUT2D eigenvalue weighted by Gasteiger charge is -2.29. The molecule has 170 valence electrons. The van der Waals surface area contributed by atoms with E-state index in [2.05, 4.69) is 74.6 Å². The first-order valence-corrected chi connectivity index (χ1v) is 10.9. The van der Waals surface area contributed by atoms with E-state index in [1.807, 2.05) is 19.1 Å². The molecular weight excluding hydrogens is 394 g/mol. The van der Waals surface area contributed by atoms with Gasteiger partial charge in [-0.1, -0.05) is 62.1 Å². The molecule has 0 aromatic rings. The number of rotatable bonds is 10. The fourth-order valence-corrected chi connectivity index (χ4v) is 3.07. The molecule has 3 N–H and O–H groups in total. The van der Waals surface area contributed by atoms with Gasteiger partial charge in [-0.3, -0.25) is 4.99 Å². The van der Waals surface area contributed by atoms with Crippen LogP contribution in [0.1, 0.15) is 33.6 Å². The summed E-state index contributed by atoms with van der Waals surface area (Å²) in [6, 6.07) is 2.37. The van der Waals surface area contributed by atoms with E-state index >= 15 is 0 Å². The molecule has 1 unspecified atom stereocenters. The first-order chi connectivity index (χ1) is 15.4. The number of nitrogens with two attached hydrogens (primary N) is 1. The van der Waals surface area contributed by atoms with Crippen molar-refractivity contribution in [2.24, 2.45) is 10.7 Å². The molecule has 0 fully saturated rings. The van der Waals surface area contributed by atoms with Gasteiger partial charge in [0, 0.05) is 30.6 Å². The Kier molecular flexibility index (Phi) is 12.2. The summed E-state index contributed by atoms with van der Waals surface area (Å²) in [6.45, 7) is 14.8. The summed E-state index contributed by atoms with van der Waals surface area (Å²) >= 11 is 0. The van der Waals surface area contributed by atoms with Crippen LogP contribution in [0.5, 0.6) is 0 Å². The second-order valence-corrected chi connectivity index (χ2v) is 7.53. The SMILES string of the molecule is C=C/C=C(\C=C(\C#N)CN)NC(/C=C/C)=N/CC1=C/CC(N(C)C(=C)CC)C=C(C)/C=C\1. The van der Waals surface area contributed by atoms with E-state index in [1.165, 1.54) is 5.57 Å². The van der Waals surface area contributed by atoms with Crippen LogP contribution in [0.3, 0.4) is 0 Å². The van der Waals surface area contributed by atoms with Gasteiger partial charge in [0.2, 0.25) is 0 Å². The van der Waals surface area contributed by atoms with Crippen molar-refractivity contribution in [1.29, 1.82) is 5.26 Å². The van der Waals surface area contributed by atoms with E-state index in [0.29, 0.717) is 23.7 Å². The van der Waals surface area contributed by atoms with Crippen molar-refractivity contribution >= 4 is 5.84 Å². The molecule has 0 radical (unpaired) electrons. The van der Waals surface area contributed by atoms with Crippen molar-refractivity contribution in [3.63, 3.8) is 0 Å². The fourth-order valence-electron chi connectivity index (χ4n) is 3.07. The number of allylic oxidation sites excluding steroid dienone is 7. The van der Waals surface area contributed by atoms with E-state index < -0.39 is 0 Å². The van der Waals surface area contributed by atoms with Crippen LogP contribution in [0.25, 0.3) is 0 Å². The lowest BCUT2D eigenvalue weighted by atomic mass is 10.0. The topological polar surface area (TPSA) is 77.4 Å². The molecule has 1 atom stereocenters. The number of amidine groups is 1. The van der Waals surface area contributed by atoms with Crippen molar-refractivity contribution in [3.8, 4) is 6.07 Å². The van der Waals surface area contributed by atoms with Crippen LogP contribution >= 0.6 is 0 Å². The molecule has 0 amide bonds. The Bertz CT molecular complexity index is 916. The molecule has 0 spiro atoms. The molecule has 5 nitrogen and oxygen atoms in total. The van der Waals surface area contributed by atoms with Gasteiger partial charge in [-0.15, -0.1) is 0 Å². The summed E-state index contributed by atoms with van der Waals surface area (Å²) in [7, 11) is 2.10. The first kappa shape index (κ1) is 26.7. The minimum Gasteiger partial charge on any atom is -0.372 e. The van der Waals surface area contributed by atoms with Crippen LogP contribution in [0.4, 0.5) is 0 Å². The van der Waals surface area contributed by atoms with Gasteiger partial charge >= 0.3 is 0 Å². The molecule has 1 rings (SSSR count). The van der Waals surface area contributed by atoms with Gasteiger partial charge in [0.15, 0.2) is 0 Å². The molecule has 0 saturated heterocycles. The molecule has 0 aromatic carbocycles. The summed E-state index contributed by atoms with van der Waals surface area (Å²) < 4.78 is 0. The lowest BCUT2D eigenvalue weighted by molar-refractivity contribution is 0.345. The average Bonchev–Trinajstić information content (AvgIpc) is 2.78. The Hall–Kier alpha value is -3.36. The highest BCUT2D eigenvalue weighted by Gasteiger charge is 2.13. The van der Waals surface area contributed by atoms with E-state index in [9.17, 15) is 5.26 Å². The van der Waals surface area contributed by atoms with Crippen LogP contribution in [-0.4, -0.2) is 36.9 Å². The second-order valence-electron chi connectivity index (χ2n) is 7.53. The monoisotopic (exact) mass is 431 g/mol. The maximum absolute atomic E-state index is 9.18. The first-order valence-electron chi connectivity index (χ1n) is 10.9. The highest BCUT2D eigenvalue weighted by atomic mass is 15.1. The van der Waals surface area contributed by atoms with Crippen molar-refractivity contribution in [1.82, 2.24) is 10.2 Å². The minimum absolute atomic E-state index is 0.174. The molecule has 0 heterocycles. The molecule has 0 bridgehead atoms.